The lowest BCUT2D eigenvalue weighted by atomic mass is 10.3. The Morgan fingerprint density at radius 1 is 0.833 bits per heavy atom. The van der Waals surface area contributed by atoms with E-state index in [1.807, 2.05) is 30.3 Å². The first-order chi connectivity index (χ1) is 22.5. The van der Waals surface area contributed by atoms with Crippen LogP contribution in [0.3, 0.4) is 0 Å². The average Bonchev–Trinajstić information content (AvgIpc) is 3.00. The van der Waals surface area contributed by atoms with Gasteiger partial charge < -0.3 is 15.0 Å². The third kappa shape index (κ3) is 16.3. The van der Waals surface area contributed by atoms with Gasteiger partial charge in [-0.15, -0.1) is 0 Å². The Labute approximate surface area is 290 Å². The van der Waals surface area contributed by atoms with Crippen LogP contribution in [0, 0.1) is 13.8 Å². The molecule has 22 heteroatoms. The molecule has 0 aliphatic carbocycles. The number of benzene rings is 1. The van der Waals surface area contributed by atoms with Gasteiger partial charge in [-0.1, -0.05) is 24.8 Å². The van der Waals surface area contributed by atoms with E-state index in [9.17, 15) is 25.3 Å². The summed E-state index contributed by atoms with van der Waals surface area (Å²) in [5.41, 5.74) is 0.765. The molecule has 3 aromatic rings. The van der Waals surface area contributed by atoms with Crippen molar-refractivity contribution in [2.45, 2.75) is 20.3 Å². The van der Waals surface area contributed by atoms with E-state index in [1.54, 1.807) is 18.7 Å². The largest absolute Gasteiger partial charge is 0.399 e. The van der Waals surface area contributed by atoms with Gasteiger partial charge in [0.25, 0.3) is 0 Å². The van der Waals surface area contributed by atoms with Crippen molar-refractivity contribution in [2.75, 3.05) is 67.5 Å². The number of aromatic nitrogens is 6. The Morgan fingerprint density at radius 2 is 1.48 bits per heavy atom. The van der Waals surface area contributed by atoms with E-state index >= 15 is 0 Å². The average molecular weight is 772 g/mol. The summed E-state index contributed by atoms with van der Waals surface area (Å²) in [4.78, 5) is 25.8. The number of ether oxygens (including phenoxy) is 1. The van der Waals surface area contributed by atoms with Gasteiger partial charge in [-0.2, -0.15) is 28.4 Å². The standard InChI is InChI=1S/C16H21ClN4O6S2.C10H15ClN4O3S/c1-13-18-15(17)20-16(19-13)21(14-7-4-3-5-8-14)9-6-11-28(22,23)12-10-27-29(24,25)26-2;1-3-19(16,17)7-6-18-5-4-12-10-14-8(2)13-9(11)15-10/h3-5,7-8H,6,9-12H2,1-2H3;3H,1,4-7H2,2H3,(H,12,13,14,15). The second kappa shape index (κ2) is 19.8. The zero-order valence-corrected chi connectivity index (χ0v) is 30.3. The Bertz CT molecular complexity index is 1770. The van der Waals surface area contributed by atoms with Crippen LogP contribution >= 0.6 is 23.2 Å². The Balaban J connectivity index is 0.000000365. The summed E-state index contributed by atoms with van der Waals surface area (Å²) < 4.78 is 82.3. The first kappa shape index (κ1) is 41.1. The third-order valence-corrected chi connectivity index (χ3v) is 9.84. The lowest BCUT2D eigenvalue weighted by molar-refractivity contribution is 0.159. The van der Waals surface area contributed by atoms with E-state index in [0.29, 0.717) is 43.2 Å². The minimum atomic E-state index is -4.16. The Morgan fingerprint density at radius 3 is 2.08 bits per heavy atom. The van der Waals surface area contributed by atoms with Gasteiger partial charge in [0.1, 0.15) is 11.6 Å². The smallest absolute Gasteiger partial charge is 0.379 e. The van der Waals surface area contributed by atoms with E-state index in [0.717, 1.165) is 18.2 Å². The first-order valence-corrected chi connectivity index (χ1v) is 19.6. The second-order valence-corrected chi connectivity index (χ2v) is 15.8. The van der Waals surface area contributed by atoms with Crippen LogP contribution in [0.25, 0.3) is 0 Å². The highest BCUT2D eigenvalue weighted by Crippen LogP contribution is 2.23. The number of para-hydroxylation sites is 1. The number of halogens is 2. The van der Waals surface area contributed by atoms with Gasteiger partial charge >= 0.3 is 10.4 Å². The highest BCUT2D eigenvalue weighted by atomic mass is 35.5. The van der Waals surface area contributed by atoms with E-state index in [2.05, 4.69) is 50.2 Å². The number of rotatable bonds is 19. The molecule has 0 fully saturated rings. The van der Waals surface area contributed by atoms with Crippen molar-refractivity contribution in [3.05, 3.63) is 64.5 Å². The van der Waals surface area contributed by atoms with Crippen LogP contribution in [-0.2, 0) is 43.2 Å². The molecule has 0 aliphatic rings. The summed E-state index contributed by atoms with van der Waals surface area (Å²) in [6.45, 7) is 7.26. The molecule has 1 N–H and O–H groups in total. The molecule has 0 saturated carbocycles. The molecule has 0 aliphatic heterocycles. The second-order valence-electron chi connectivity index (χ2n) is 9.39. The van der Waals surface area contributed by atoms with Gasteiger partial charge in [-0.05, 0) is 55.6 Å². The fourth-order valence-corrected chi connectivity index (χ4v) is 6.01. The number of hydrogen-bond donors (Lipinski definition) is 1. The summed E-state index contributed by atoms with van der Waals surface area (Å²) in [5.74, 6) is 0.918. The molecular weight excluding hydrogens is 735 g/mol. The topological polar surface area (TPSA) is 223 Å². The molecule has 0 bridgehead atoms. The van der Waals surface area contributed by atoms with Crippen molar-refractivity contribution in [3.8, 4) is 0 Å². The summed E-state index contributed by atoms with van der Waals surface area (Å²) in [6.07, 6.45) is 0.247. The van der Waals surface area contributed by atoms with Crippen LogP contribution in [-0.4, -0.2) is 112 Å². The number of sulfone groups is 2. The number of hydrogen-bond acceptors (Lipinski definition) is 17. The molecule has 48 heavy (non-hydrogen) atoms. The molecule has 3 rings (SSSR count). The molecule has 1 aromatic carbocycles. The van der Waals surface area contributed by atoms with Crippen molar-refractivity contribution in [3.63, 3.8) is 0 Å². The molecular formula is C26H36Cl2N8O9S3. The van der Waals surface area contributed by atoms with Crippen LogP contribution in [0.15, 0.2) is 42.3 Å². The Hall–Kier alpha value is -3.11. The van der Waals surface area contributed by atoms with Gasteiger partial charge in [0.2, 0.25) is 22.5 Å². The highest BCUT2D eigenvalue weighted by Gasteiger charge is 2.18. The molecule has 0 spiro atoms. The van der Waals surface area contributed by atoms with Gasteiger partial charge in [0.15, 0.2) is 19.7 Å². The molecule has 2 aromatic heterocycles. The van der Waals surface area contributed by atoms with Crippen molar-refractivity contribution in [2.24, 2.45) is 0 Å². The molecule has 0 unspecified atom stereocenters. The monoisotopic (exact) mass is 770 g/mol. The maximum atomic E-state index is 12.2. The van der Waals surface area contributed by atoms with Gasteiger partial charge in [-0.25, -0.2) is 31.0 Å². The first-order valence-electron chi connectivity index (χ1n) is 14.0. The number of nitrogens with one attached hydrogen (secondary N) is 1. The molecule has 266 valence electrons. The summed E-state index contributed by atoms with van der Waals surface area (Å²) in [5, 5.41) is 3.98. The van der Waals surface area contributed by atoms with E-state index in [-0.39, 0.29) is 35.1 Å². The quantitative estimate of drug-likeness (QED) is 0.173. The maximum Gasteiger partial charge on any atom is 0.399 e. The van der Waals surface area contributed by atoms with E-state index in [1.165, 1.54) is 0 Å². The van der Waals surface area contributed by atoms with E-state index < -0.39 is 42.4 Å². The van der Waals surface area contributed by atoms with Crippen molar-refractivity contribution in [1.29, 1.82) is 0 Å². The highest BCUT2D eigenvalue weighted by molar-refractivity contribution is 7.94. The minimum absolute atomic E-state index is 0.0394. The lowest BCUT2D eigenvalue weighted by Gasteiger charge is -2.23. The fourth-order valence-electron chi connectivity index (χ4n) is 3.49. The van der Waals surface area contributed by atoms with Crippen molar-refractivity contribution in [1.82, 2.24) is 29.9 Å². The Kier molecular flexibility index (Phi) is 16.9. The normalized spacial score (nSPS) is 11.8. The predicted molar refractivity (Wildman–Crippen MR) is 181 cm³/mol. The van der Waals surface area contributed by atoms with Crippen LogP contribution in [0.4, 0.5) is 17.6 Å². The number of anilines is 3. The number of aryl methyl sites for hydroxylation is 2. The summed E-state index contributed by atoms with van der Waals surface area (Å²) in [6, 6.07) is 9.20. The summed E-state index contributed by atoms with van der Waals surface area (Å²) in [7, 11) is -9.98. The molecule has 0 atom stereocenters. The number of nitrogens with zero attached hydrogens (tertiary/aromatic N) is 7. The maximum absolute atomic E-state index is 12.2. The van der Waals surface area contributed by atoms with Crippen LogP contribution in [0.1, 0.15) is 18.1 Å². The van der Waals surface area contributed by atoms with Crippen molar-refractivity contribution < 1.29 is 38.4 Å². The van der Waals surface area contributed by atoms with Crippen LogP contribution < -0.4 is 10.2 Å². The van der Waals surface area contributed by atoms with E-state index in [4.69, 9.17) is 27.9 Å². The van der Waals surface area contributed by atoms with Gasteiger partial charge in [0, 0.05) is 24.2 Å². The minimum Gasteiger partial charge on any atom is -0.379 e. The molecule has 2 heterocycles. The SMILES string of the molecule is C=CS(=O)(=O)CCOCCNc1nc(C)nc(Cl)n1.COS(=O)(=O)OCCS(=O)(=O)CCCN(c1ccccc1)c1nc(C)nc(Cl)n1. The molecule has 0 radical (unpaired) electrons. The molecule has 0 amide bonds. The van der Waals surface area contributed by atoms with Crippen molar-refractivity contribution >= 4 is 70.9 Å². The predicted octanol–water partition coefficient (Wildman–Crippen LogP) is 2.50. The zero-order valence-electron chi connectivity index (χ0n) is 26.3. The zero-order chi connectivity index (χ0) is 35.8. The van der Waals surface area contributed by atoms with Gasteiger partial charge in [0.05, 0.1) is 44.2 Å². The summed E-state index contributed by atoms with van der Waals surface area (Å²) >= 11 is 11.6. The lowest BCUT2D eigenvalue weighted by Crippen LogP contribution is -2.25. The third-order valence-electron chi connectivity index (χ3n) is 5.70. The molecule has 0 saturated heterocycles. The molecule has 17 nitrogen and oxygen atoms in total. The van der Waals surface area contributed by atoms with Crippen LogP contribution in [0.5, 0.6) is 0 Å². The fraction of sp³-hybridized carbons (Fsp3) is 0.462. The van der Waals surface area contributed by atoms with Gasteiger partial charge in [-0.3, -0.25) is 4.18 Å². The van der Waals surface area contributed by atoms with Crippen LogP contribution in [0.2, 0.25) is 10.6 Å².